The molecule has 5 heteroatoms. The first-order chi connectivity index (χ1) is 10.3. The Labute approximate surface area is 127 Å². The Morgan fingerprint density at radius 3 is 2.81 bits per heavy atom. The van der Waals surface area contributed by atoms with Gasteiger partial charge >= 0.3 is 0 Å². The standard InChI is InChI=1S/C16H14N4S/c1-12-10-21-15-14(12)18-11-19-16(15)20(9-5-8-17)13-6-3-2-4-7-13/h2-4,6-7,10-11H,5,9H2,1H3. The molecule has 0 spiro atoms. The summed E-state index contributed by atoms with van der Waals surface area (Å²) < 4.78 is 1.07. The van der Waals surface area contributed by atoms with Gasteiger partial charge in [0, 0.05) is 12.2 Å². The predicted molar refractivity (Wildman–Crippen MR) is 85.8 cm³/mol. The maximum atomic E-state index is 8.92. The molecule has 0 aliphatic carbocycles. The van der Waals surface area contributed by atoms with Crippen molar-refractivity contribution in [1.82, 2.24) is 9.97 Å². The number of anilines is 2. The van der Waals surface area contributed by atoms with E-state index in [1.54, 1.807) is 17.7 Å². The lowest BCUT2D eigenvalue weighted by atomic mass is 10.2. The van der Waals surface area contributed by atoms with Crippen LogP contribution < -0.4 is 4.90 Å². The molecule has 0 N–H and O–H groups in total. The smallest absolute Gasteiger partial charge is 0.154 e. The highest BCUT2D eigenvalue weighted by molar-refractivity contribution is 7.18. The summed E-state index contributed by atoms with van der Waals surface area (Å²) in [4.78, 5) is 10.9. The molecule has 21 heavy (non-hydrogen) atoms. The van der Waals surface area contributed by atoms with Gasteiger partial charge in [0.05, 0.1) is 22.7 Å². The number of fused-ring (bicyclic) bond motifs is 1. The van der Waals surface area contributed by atoms with Crippen molar-refractivity contribution in [3.8, 4) is 6.07 Å². The molecule has 0 bridgehead atoms. The maximum absolute atomic E-state index is 8.92. The minimum absolute atomic E-state index is 0.449. The van der Waals surface area contributed by atoms with Gasteiger partial charge in [-0.05, 0) is 30.0 Å². The fourth-order valence-corrected chi connectivity index (χ4v) is 3.28. The molecule has 0 amide bonds. The van der Waals surface area contributed by atoms with Crippen LogP contribution in [0.2, 0.25) is 0 Å². The molecule has 0 unspecified atom stereocenters. The van der Waals surface area contributed by atoms with E-state index in [0.29, 0.717) is 13.0 Å². The summed E-state index contributed by atoms with van der Waals surface area (Å²) in [6.07, 6.45) is 2.05. The molecular weight excluding hydrogens is 280 g/mol. The zero-order valence-electron chi connectivity index (χ0n) is 11.7. The molecule has 4 nitrogen and oxygen atoms in total. The highest BCUT2D eigenvalue weighted by Gasteiger charge is 2.16. The summed E-state index contributed by atoms with van der Waals surface area (Å²) in [7, 11) is 0. The first-order valence-corrected chi connectivity index (χ1v) is 7.57. The largest absolute Gasteiger partial charge is 0.324 e. The molecule has 0 fully saturated rings. The number of nitriles is 1. The van der Waals surface area contributed by atoms with E-state index >= 15 is 0 Å². The second kappa shape index (κ2) is 5.90. The van der Waals surface area contributed by atoms with Gasteiger partial charge in [-0.15, -0.1) is 11.3 Å². The quantitative estimate of drug-likeness (QED) is 0.728. The van der Waals surface area contributed by atoms with E-state index in [4.69, 9.17) is 5.26 Å². The van der Waals surface area contributed by atoms with E-state index in [9.17, 15) is 0 Å². The molecule has 0 aliphatic heterocycles. The van der Waals surface area contributed by atoms with E-state index in [-0.39, 0.29) is 0 Å². The second-order valence-corrected chi connectivity index (χ2v) is 5.57. The number of hydrogen-bond acceptors (Lipinski definition) is 5. The molecule has 0 radical (unpaired) electrons. The minimum Gasteiger partial charge on any atom is -0.324 e. The van der Waals surface area contributed by atoms with E-state index in [1.165, 1.54) is 0 Å². The third-order valence-electron chi connectivity index (χ3n) is 3.28. The fraction of sp³-hybridized carbons (Fsp3) is 0.188. The van der Waals surface area contributed by atoms with Crippen LogP contribution >= 0.6 is 11.3 Å². The van der Waals surface area contributed by atoms with Crippen LogP contribution in [0.1, 0.15) is 12.0 Å². The lowest BCUT2D eigenvalue weighted by molar-refractivity contribution is 0.929. The van der Waals surface area contributed by atoms with Crippen molar-refractivity contribution in [1.29, 1.82) is 5.26 Å². The monoisotopic (exact) mass is 294 g/mol. The van der Waals surface area contributed by atoms with Crippen LogP contribution in [0, 0.1) is 18.3 Å². The first-order valence-electron chi connectivity index (χ1n) is 6.69. The van der Waals surface area contributed by atoms with E-state index in [2.05, 4.69) is 33.2 Å². The summed E-state index contributed by atoms with van der Waals surface area (Å²) in [6.45, 7) is 2.67. The predicted octanol–water partition coefficient (Wildman–Crippen LogP) is 4.05. The van der Waals surface area contributed by atoms with Crippen LogP contribution in [-0.2, 0) is 0 Å². The van der Waals surface area contributed by atoms with Crippen molar-refractivity contribution in [3.63, 3.8) is 0 Å². The Bertz CT molecular complexity index is 789. The Morgan fingerprint density at radius 1 is 1.24 bits per heavy atom. The van der Waals surface area contributed by atoms with Crippen molar-refractivity contribution in [2.45, 2.75) is 13.3 Å². The molecule has 3 aromatic rings. The van der Waals surface area contributed by atoms with Gasteiger partial charge in [-0.2, -0.15) is 5.26 Å². The fourth-order valence-electron chi connectivity index (χ4n) is 2.28. The summed E-state index contributed by atoms with van der Waals surface area (Å²) >= 11 is 1.65. The number of benzene rings is 1. The van der Waals surface area contributed by atoms with Crippen LogP contribution in [0.3, 0.4) is 0 Å². The van der Waals surface area contributed by atoms with E-state index < -0.39 is 0 Å². The van der Waals surface area contributed by atoms with Gasteiger partial charge in [0.15, 0.2) is 5.82 Å². The van der Waals surface area contributed by atoms with Gasteiger partial charge in [0.25, 0.3) is 0 Å². The molecule has 0 aliphatic rings. The molecule has 104 valence electrons. The zero-order valence-corrected chi connectivity index (χ0v) is 12.5. The van der Waals surface area contributed by atoms with Gasteiger partial charge in [-0.1, -0.05) is 18.2 Å². The van der Waals surface area contributed by atoms with Gasteiger partial charge in [-0.3, -0.25) is 0 Å². The Balaban J connectivity index is 2.13. The topological polar surface area (TPSA) is 52.8 Å². The number of aryl methyl sites for hydroxylation is 1. The van der Waals surface area contributed by atoms with E-state index in [1.807, 2.05) is 30.3 Å². The average Bonchev–Trinajstić information content (AvgIpc) is 2.91. The highest BCUT2D eigenvalue weighted by atomic mass is 32.1. The molecule has 0 saturated heterocycles. The van der Waals surface area contributed by atoms with Crippen molar-refractivity contribution < 1.29 is 0 Å². The lowest BCUT2D eigenvalue weighted by Crippen LogP contribution is -2.19. The first kappa shape index (κ1) is 13.5. The third kappa shape index (κ3) is 2.58. The van der Waals surface area contributed by atoms with Crippen molar-refractivity contribution in [3.05, 3.63) is 47.6 Å². The highest BCUT2D eigenvalue weighted by Crippen LogP contribution is 2.34. The van der Waals surface area contributed by atoms with Gasteiger partial charge in [0.2, 0.25) is 0 Å². The molecule has 0 saturated carbocycles. The number of nitrogens with zero attached hydrogens (tertiary/aromatic N) is 4. The Hall–Kier alpha value is -2.45. The maximum Gasteiger partial charge on any atom is 0.154 e. The molecule has 2 heterocycles. The van der Waals surface area contributed by atoms with Crippen LogP contribution in [-0.4, -0.2) is 16.5 Å². The third-order valence-corrected chi connectivity index (χ3v) is 4.37. The summed E-state index contributed by atoms with van der Waals surface area (Å²) in [5.74, 6) is 0.875. The minimum atomic E-state index is 0.449. The number of aromatic nitrogens is 2. The number of para-hydroxylation sites is 1. The average molecular weight is 294 g/mol. The van der Waals surface area contributed by atoms with Crippen molar-refractivity contribution in [2.24, 2.45) is 0 Å². The molecule has 2 aromatic heterocycles. The lowest BCUT2D eigenvalue weighted by Gasteiger charge is -2.23. The van der Waals surface area contributed by atoms with E-state index in [0.717, 1.165) is 27.3 Å². The molecule has 0 atom stereocenters. The summed E-state index contributed by atoms with van der Waals surface area (Å²) in [6, 6.07) is 12.2. The van der Waals surface area contributed by atoms with Crippen molar-refractivity contribution >= 4 is 33.1 Å². The number of hydrogen-bond donors (Lipinski definition) is 0. The molecular formula is C16H14N4S. The SMILES string of the molecule is Cc1csc2c(N(CCC#N)c3ccccc3)ncnc12. The van der Waals surface area contributed by atoms with Crippen LogP contribution in [0.25, 0.3) is 10.2 Å². The number of thiophene rings is 1. The summed E-state index contributed by atoms with van der Waals surface area (Å²) in [5.41, 5.74) is 3.19. The van der Waals surface area contributed by atoms with Crippen LogP contribution in [0.15, 0.2) is 42.0 Å². The number of rotatable bonds is 4. The summed E-state index contributed by atoms with van der Waals surface area (Å²) in [5, 5.41) is 11.0. The Kier molecular flexibility index (Phi) is 3.80. The Morgan fingerprint density at radius 2 is 2.05 bits per heavy atom. The van der Waals surface area contributed by atoms with Crippen LogP contribution in [0.4, 0.5) is 11.5 Å². The van der Waals surface area contributed by atoms with Gasteiger partial charge in [0.1, 0.15) is 6.33 Å². The normalized spacial score (nSPS) is 10.5. The van der Waals surface area contributed by atoms with Crippen LogP contribution in [0.5, 0.6) is 0 Å². The molecule has 3 rings (SSSR count). The van der Waals surface area contributed by atoms with Gasteiger partial charge < -0.3 is 4.90 Å². The second-order valence-electron chi connectivity index (χ2n) is 4.69. The van der Waals surface area contributed by atoms with Gasteiger partial charge in [-0.25, -0.2) is 9.97 Å². The zero-order chi connectivity index (χ0) is 14.7. The van der Waals surface area contributed by atoms with Crippen molar-refractivity contribution in [2.75, 3.05) is 11.4 Å². The molecule has 1 aromatic carbocycles.